The number of ether oxygens (including phenoxy) is 11. The van der Waals surface area contributed by atoms with E-state index >= 15 is 0 Å². The minimum absolute atomic E-state index is 0.258. The summed E-state index contributed by atoms with van der Waals surface area (Å²) in [6.07, 6.45) is 12.2. The molecule has 6 saturated heterocycles. The van der Waals surface area contributed by atoms with Gasteiger partial charge in [0.25, 0.3) is 0 Å². The molecule has 1 atom stereocenters. The van der Waals surface area contributed by atoms with Gasteiger partial charge in [-0.25, -0.2) is 0 Å². The fraction of sp³-hybridized carbons (Fsp3) is 0.837. The summed E-state index contributed by atoms with van der Waals surface area (Å²) in [6, 6.07) is 8.54. The van der Waals surface area contributed by atoms with E-state index in [-0.39, 0.29) is 10.8 Å². The molecule has 0 aliphatic carbocycles. The Morgan fingerprint density at radius 2 is 0.950 bits per heavy atom. The first kappa shape index (κ1) is 51.2. The van der Waals surface area contributed by atoms with E-state index in [1.807, 2.05) is 0 Å². The topological polar surface area (TPSA) is 102 Å². The molecular formula is C49H84O11. The van der Waals surface area contributed by atoms with Gasteiger partial charge in [0, 0.05) is 28.3 Å². The molecule has 6 fully saturated rings. The van der Waals surface area contributed by atoms with Crippen LogP contribution in [0.1, 0.15) is 104 Å². The molecule has 1 aromatic carbocycles. The highest BCUT2D eigenvalue weighted by molar-refractivity contribution is 5.21. The minimum atomic E-state index is 0.258. The van der Waals surface area contributed by atoms with Gasteiger partial charge in [-0.05, 0) is 49.1 Å². The van der Waals surface area contributed by atoms with Gasteiger partial charge in [0.1, 0.15) is 12.2 Å². The van der Waals surface area contributed by atoms with E-state index in [1.165, 1.54) is 36.8 Å². The maximum atomic E-state index is 5.90. The zero-order chi connectivity index (χ0) is 43.0. The lowest BCUT2D eigenvalue weighted by Crippen LogP contribution is -2.49. The summed E-state index contributed by atoms with van der Waals surface area (Å²) in [4.78, 5) is 0. The molecule has 60 heavy (non-hydrogen) atoms. The Balaban J connectivity index is 0.000000190. The number of hydrogen-bond acceptors (Lipinski definition) is 11. The minimum Gasteiger partial charge on any atom is -0.380 e. The van der Waals surface area contributed by atoms with Crippen LogP contribution in [0.25, 0.3) is 0 Å². The molecule has 11 heteroatoms. The summed E-state index contributed by atoms with van der Waals surface area (Å²) in [5.41, 5.74) is 3.58. The summed E-state index contributed by atoms with van der Waals surface area (Å²) in [6.45, 7) is 33.0. The van der Waals surface area contributed by atoms with Crippen molar-refractivity contribution in [2.45, 2.75) is 118 Å². The molecule has 11 nitrogen and oxygen atoms in total. The van der Waals surface area contributed by atoms with E-state index in [0.29, 0.717) is 42.9 Å². The standard InChI is InChI=1S/C20H30O4.C12H22O3.C11H22O2.C6H10O2/c1-3-19(13-23-14-19)11-21-9-17-5-7-18(8-6-17)10-22-12-20(4-2)15-24-16-20;1-3-11(5-13-6-11)9-15-10-12(4-2)7-14-8-12;1-3-5-6-10(4-2)7-13-11-8-12-9-11;1-2-3-8-6-4-7-5-6/h5-8H,3-4,9-16H2,1-2H3;3-10H2,1-2H3;10-11H,3-9H2,1-2H3;2,6H,1,3-5H2. The molecule has 6 heterocycles. The third-order valence-electron chi connectivity index (χ3n) is 13.2. The first-order valence-electron chi connectivity index (χ1n) is 23.3. The molecule has 0 aromatic heterocycles. The Kier molecular flexibility index (Phi) is 23.6. The van der Waals surface area contributed by atoms with Gasteiger partial charge >= 0.3 is 0 Å². The first-order valence-corrected chi connectivity index (χ1v) is 23.3. The lowest BCUT2D eigenvalue weighted by molar-refractivity contribution is -0.187. The van der Waals surface area contributed by atoms with Gasteiger partial charge in [-0.1, -0.05) is 91.1 Å². The van der Waals surface area contributed by atoms with Gasteiger partial charge in [-0.15, -0.1) is 6.58 Å². The van der Waals surface area contributed by atoms with E-state index in [9.17, 15) is 0 Å². The molecule has 0 radical (unpaired) electrons. The molecule has 0 amide bonds. The summed E-state index contributed by atoms with van der Waals surface area (Å²) >= 11 is 0. The number of unbranched alkanes of at least 4 members (excludes halogenated alkanes) is 1. The third kappa shape index (κ3) is 16.9. The lowest BCUT2D eigenvalue weighted by Gasteiger charge is -2.44. The SMILES string of the molecule is C=CCOC1COC1.CCC1(COCC2(CC)COC2)COC1.CCC1(COCc2ccc(COCC3(CC)COC3)cc2)COC1.CCCCC(CC)COC1COC1. The van der Waals surface area contributed by atoms with Gasteiger partial charge in [0.15, 0.2) is 0 Å². The predicted octanol–water partition coefficient (Wildman–Crippen LogP) is 8.64. The van der Waals surface area contributed by atoms with Crippen molar-refractivity contribution in [3.05, 3.63) is 48.0 Å². The molecule has 6 aliphatic rings. The van der Waals surface area contributed by atoms with Crippen LogP contribution in [0, 0.1) is 27.6 Å². The van der Waals surface area contributed by atoms with E-state index < -0.39 is 0 Å². The Labute approximate surface area is 364 Å². The van der Waals surface area contributed by atoms with Gasteiger partial charge in [-0.3, -0.25) is 0 Å². The van der Waals surface area contributed by atoms with E-state index in [4.69, 9.17) is 52.1 Å². The monoisotopic (exact) mass is 849 g/mol. The van der Waals surface area contributed by atoms with E-state index in [0.717, 1.165) is 144 Å². The Bertz CT molecular complexity index is 1160. The highest BCUT2D eigenvalue weighted by Crippen LogP contribution is 2.35. The molecule has 0 saturated carbocycles. The maximum Gasteiger partial charge on any atom is 0.104 e. The molecule has 1 unspecified atom stereocenters. The number of rotatable bonds is 26. The fourth-order valence-corrected chi connectivity index (χ4v) is 7.10. The van der Waals surface area contributed by atoms with Crippen LogP contribution in [-0.4, -0.2) is 131 Å². The fourth-order valence-electron chi connectivity index (χ4n) is 7.10. The van der Waals surface area contributed by atoms with Gasteiger partial charge in [0.05, 0.1) is 126 Å². The van der Waals surface area contributed by atoms with Crippen LogP contribution in [0.2, 0.25) is 0 Å². The second-order valence-corrected chi connectivity index (χ2v) is 18.4. The maximum absolute atomic E-state index is 5.90. The van der Waals surface area contributed by atoms with Gasteiger partial charge in [0.2, 0.25) is 0 Å². The van der Waals surface area contributed by atoms with Crippen LogP contribution in [0.3, 0.4) is 0 Å². The van der Waals surface area contributed by atoms with Crippen LogP contribution < -0.4 is 0 Å². The number of hydrogen-bond donors (Lipinski definition) is 0. The summed E-state index contributed by atoms with van der Waals surface area (Å²) < 4.78 is 59.7. The Morgan fingerprint density at radius 3 is 1.23 bits per heavy atom. The quantitative estimate of drug-likeness (QED) is 0.0838. The average Bonchev–Trinajstić information content (AvgIpc) is 3.17. The molecule has 6 aliphatic heterocycles. The molecule has 0 spiro atoms. The van der Waals surface area contributed by atoms with Crippen LogP contribution in [-0.2, 0) is 65.3 Å². The zero-order valence-electron chi connectivity index (χ0n) is 38.6. The Morgan fingerprint density at radius 1 is 0.567 bits per heavy atom. The zero-order valence-corrected chi connectivity index (χ0v) is 38.6. The summed E-state index contributed by atoms with van der Waals surface area (Å²) in [7, 11) is 0. The lowest BCUT2D eigenvalue weighted by atomic mass is 9.83. The van der Waals surface area contributed by atoms with Crippen LogP contribution in [0.15, 0.2) is 36.9 Å². The Hall–Kier alpha value is -1.48. The van der Waals surface area contributed by atoms with Crippen LogP contribution in [0.4, 0.5) is 0 Å². The third-order valence-corrected chi connectivity index (χ3v) is 13.2. The van der Waals surface area contributed by atoms with Crippen molar-refractivity contribution in [2.75, 3.05) is 119 Å². The summed E-state index contributed by atoms with van der Waals surface area (Å²) in [5.74, 6) is 0.764. The average molecular weight is 849 g/mol. The van der Waals surface area contributed by atoms with E-state index in [2.05, 4.69) is 72.4 Å². The molecule has 346 valence electrons. The second kappa shape index (κ2) is 27.6. The van der Waals surface area contributed by atoms with Crippen molar-refractivity contribution in [1.82, 2.24) is 0 Å². The molecule has 0 N–H and O–H groups in total. The molecular weight excluding hydrogens is 765 g/mol. The van der Waals surface area contributed by atoms with Gasteiger partial charge in [-0.2, -0.15) is 0 Å². The summed E-state index contributed by atoms with van der Waals surface area (Å²) in [5, 5.41) is 0. The predicted molar refractivity (Wildman–Crippen MR) is 235 cm³/mol. The molecule has 0 bridgehead atoms. The number of benzene rings is 1. The molecule has 1 aromatic rings. The van der Waals surface area contributed by atoms with Gasteiger partial charge < -0.3 is 52.1 Å². The van der Waals surface area contributed by atoms with Crippen molar-refractivity contribution in [3.63, 3.8) is 0 Å². The second-order valence-electron chi connectivity index (χ2n) is 18.4. The molecule has 7 rings (SSSR count). The van der Waals surface area contributed by atoms with Crippen molar-refractivity contribution in [2.24, 2.45) is 27.6 Å². The normalized spacial score (nSPS) is 22.1. The highest BCUT2D eigenvalue weighted by Gasteiger charge is 2.41. The van der Waals surface area contributed by atoms with E-state index in [1.54, 1.807) is 6.08 Å². The van der Waals surface area contributed by atoms with Crippen molar-refractivity contribution < 1.29 is 52.1 Å². The van der Waals surface area contributed by atoms with Crippen molar-refractivity contribution in [3.8, 4) is 0 Å². The smallest absolute Gasteiger partial charge is 0.104 e. The van der Waals surface area contributed by atoms with Crippen molar-refractivity contribution >= 4 is 0 Å². The van der Waals surface area contributed by atoms with Crippen LogP contribution >= 0.6 is 0 Å². The largest absolute Gasteiger partial charge is 0.380 e. The van der Waals surface area contributed by atoms with Crippen LogP contribution in [0.5, 0.6) is 0 Å². The first-order chi connectivity index (χ1) is 29.2. The highest BCUT2D eigenvalue weighted by atomic mass is 16.6. The van der Waals surface area contributed by atoms with Crippen molar-refractivity contribution in [1.29, 1.82) is 0 Å².